The van der Waals surface area contributed by atoms with E-state index in [4.69, 9.17) is 0 Å². The van der Waals surface area contributed by atoms with Gasteiger partial charge in [0.1, 0.15) is 5.54 Å². The van der Waals surface area contributed by atoms with Crippen LogP contribution >= 0.6 is 0 Å². The Morgan fingerprint density at radius 3 is 2.90 bits per heavy atom. The Kier molecular flexibility index (Phi) is 3.89. The third-order valence-electron chi connectivity index (χ3n) is 4.66. The van der Waals surface area contributed by atoms with E-state index in [9.17, 15) is 9.90 Å². The molecule has 0 amide bonds. The Bertz CT molecular complexity index is 527. The molecule has 0 radical (unpaired) electrons. The van der Waals surface area contributed by atoms with Crippen LogP contribution in [0, 0.1) is 0 Å². The summed E-state index contributed by atoms with van der Waals surface area (Å²) >= 11 is 0. The molecule has 1 atom stereocenters. The fraction of sp³-hybridized carbons (Fsp3) is 0.588. The summed E-state index contributed by atoms with van der Waals surface area (Å²) in [4.78, 5) is 13.9. The van der Waals surface area contributed by atoms with E-state index in [0.29, 0.717) is 12.5 Å². The zero-order valence-electron chi connectivity index (χ0n) is 12.6. The molecule has 1 aliphatic heterocycles. The molecular formula is C17H24N2O2. The number of rotatable bonds is 7. The molecule has 114 valence electrons. The van der Waals surface area contributed by atoms with Crippen LogP contribution in [0.25, 0.3) is 0 Å². The molecule has 1 saturated carbocycles. The number of anilines is 1. The predicted molar refractivity (Wildman–Crippen MR) is 83.8 cm³/mol. The normalized spacial score (nSPS) is 20.1. The molecule has 1 unspecified atom stereocenters. The van der Waals surface area contributed by atoms with Gasteiger partial charge >= 0.3 is 5.97 Å². The average molecular weight is 288 g/mol. The maximum atomic E-state index is 11.5. The molecule has 1 aromatic rings. The second-order valence-electron chi connectivity index (χ2n) is 6.53. The molecule has 1 heterocycles. The summed E-state index contributed by atoms with van der Waals surface area (Å²) in [5.74, 6) is -0.726. The fourth-order valence-electron chi connectivity index (χ4n) is 3.18. The zero-order valence-corrected chi connectivity index (χ0v) is 12.6. The first-order valence-electron chi connectivity index (χ1n) is 7.92. The van der Waals surface area contributed by atoms with E-state index >= 15 is 0 Å². The van der Waals surface area contributed by atoms with Crippen molar-refractivity contribution in [1.29, 1.82) is 0 Å². The van der Waals surface area contributed by atoms with Crippen LogP contribution in [0.1, 0.15) is 38.2 Å². The highest BCUT2D eigenvalue weighted by atomic mass is 16.4. The standard InChI is InChI=1S/C17H24N2O2/c1-17(16(20)21,18-14-7-8-14)10-4-11-19-12-9-13-5-2-3-6-15(13)19/h2-3,5-6,14,18H,4,7-12H2,1H3,(H,20,21). The minimum atomic E-state index is -0.777. The summed E-state index contributed by atoms with van der Waals surface area (Å²) in [6.45, 7) is 3.82. The van der Waals surface area contributed by atoms with Gasteiger partial charge in [-0.25, -0.2) is 0 Å². The zero-order chi connectivity index (χ0) is 14.9. The third kappa shape index (κ3) is 3.21. The summed E-state index contributed by atoms with van der Waals surface area (Å²) < 4.78 is 0. The van der Waals surface area contributed by atoms with Crippen LogP contribution in [0.15, 0.2) is 24.3 Å². The van der Waals surface area contributed by atoms with Crippen LogP contribution in [-0.2, 0) is 11.2 Å². The van der Waals surface area contributed by atoms with Gasteiger partial charge in [-0.15, -0.1) is 0 Å². The first-order chi connectivity index (χ1) is 10.1. The number of carboxylic acid groups (broad SMARTS) is 1. The Hall–Kier alpha value is -1.55. The molecule has 1 aromatic carbocycles. The van der Waals surface area contributed by atoms with E-state index < -0.39 is 11.5 Å². The first-order valence-corrected chi connectivity index (χ1v) is 7.92. The van der Waals surface area contributed by atoms with Crippen LogP contribution in [0.3, 0.4) is 0 Å². The van der Waals surface area contributed by atoms with Gasteiger partial charge in [-0.2, -0.15) is 0 Å². The molecule has 0 aromatic heterocycles. The molecule has 2 N–H and O–H groups in total. The van der Waals surface area contributed by atoms with Crippen LogP contribution in [0.4, 0.5) is 5.69 Å². The van der Waals surface area contributed by atoms with E-state index in [2.05, 4.69) is 34.5 Å². The van der Waals surface area contributed by atoms with E-state index in [0.717, 1.165) is 38.8 Å². The Labute approximate surface area is 126 Å². The largest absolute Gasteiger partial charge is 0.480 e. The molecule has 0 bridgehead atoms. The van der Waals surface area contributed by atoms with Crippen molar-refractivity contribution in [3.8, 4) is 0 Å². The summed E-state index contributed by atoms with van der Waals surface area (Å²) in [6.07, 6.45) is 4.91. The van der Waals surface area contributed by atoms with Gasteiger partial charge in [-0.1, -0.05) is 18.2 Å². The molecule has 21 heavy (non-hydrogen) atoms. The molecule has 4 nitrogen and oxygen atoms in total. The predicted octanol–water partition coefficient (Wildman–Crippen LogP) is 2.42. The first kappa shape index (κ1) is 14.4. The molecule has 0 spiro atoms. The van der Waals surface area contributed by atoms with Crippen molar-refractivity contribution in [3.05, 3.63) is 29.8 Å². The Morgan fingerprint density at radius 2 is 2.19 bits per heavy atom. The molecule has 3 rings (SSSR count). The van der Waals surface area contributed by atoms with Crippen molar-refractivity contribution in [3.63, 3.8) is 0 Å². The van der Waals surface area contributed by atoms with Crippen molar-refractivity contribution in [2.75, 3.05) is 18.0 Å². The summed E-state index contributed by atoms with van der Waals surface area (Å²) in [7, 11) is 0. The lowest BCUT2D eigenvalue weighted by molar-refractivity contribution is -0.144. The Balaban J connectivity index is 1.54. The summed E-state index contributed by atoms with van der Waals surface area (Å²) in [6, 6.07) is 8.93. The number of hydrogen-bond donors (Lipinski definition) is 2. The molecule has 0 saturated heterocycles. The van der Waals surface area contributed by atoms with E-state index in [1.807, 2.05) is 6.92 Å². The van der Waals surface area contributed by atoms with Gasteiger partial charge in [-0.05, 0) is 50.7 Å². The van der Waals surface area contributed by atoms with Crippen molar-refractivity contribution in [2.24, 2.45) is 0 Å². The lowest BCUT2D eigenvalue weighted by Crippen LogP contribution is -2.50. The number of nitrogens with zero attached hydrogens (tertiary/aromatic N) is 1. The molecule has 2 aliphatic rings. The minimum Gasteiger partial charge on any atom is -0.480 e. The lowest BCUT2D eigenvalue weighted by atomic mass is 9.95. The Morgan fingerprint density at radius 1 is 1.43 bits per heavy atom. The van der Waals surface area contributed by atoms with Crippen molar-refractivity contribution in [2.45, 2.75) is 50.6 Å². The van der Waals surface area contributed by atoms with Gasteiger partial charge < -0.3 is 10.0 Å². The highest BCUT2D eigenvalue weighted by Crippen LogP contribution is 2.29. The lowest BCUT2D eigenvalue weighted by Gasteiger charge is -2.28. The number of fused-ring (bicyclic) bond motifs is 1. The number of nitrogens with one attached hydrogen (secondary N) is 1. The number of benzene rings is 1. The molecule has 1 fully saturated rings. The van der Waals surface area contributed by atoms with Crippen LogP contribution in [0.2, 0.25) is 0 Å². The summed E-state index contributed by atoms with van der Waals surface area (Å²) in [5.41, 5.74) is 1.96. The second kappa shape index (κ2) is 5.68. The van der Waals surface area contributed by atoms with Crippen LogP contribution < -0.4 is 10.2 Å². The van der Waals surface area contributed by atoms with Crippen molar-refractivity contribution >= 4 is 11.7 Å². The quantitative estimate of drug-likeness (QED) is 0.809. The molecule has 4 heteroatoms. The number of para-hydroxylation sites is 1. The van der Waals surface area contributed by atoms with Crippen LogP contribution in [0.5, 0.6) is 0 Å². The van der Waals surface area contributed by atoms with E-state index in [-0.39, 0.29) is 0 Å². The number of aliphatic carboxylic acids is 1. The van der Waals surface area contributed by atoms with Gasteiger partial charge in [0.2, 0.25) is 0 Å². The number of hydrogen-bond acceptors (Lipinski definition) is 3. The molecule has 1 aliphatic carbocycles. The smallest absolute Gasteiger partial charge is 0.323 e. The van der Waals surface area contributed by atoms with Gasteiger partial charge in [0, 0.05) is 24.8 Å². The number of carbonyl (C=O) groups is 1. The van der Waals surface area contributed by atoms with Crippen molar-refractivity contribution in [1.82, 2.24) is 5.32 Å². The monoisotopic (exact) mass is 288 g/mol. The van der Waals surface area contributed by atoms with Gasteiger partial charge in [0.05, 0.1) is 0 Å². The van der Waals surface area contributed by atoms with Gasteiger partial charge in [0.25, 0.3) is 0 Å². The van der Waals surface area contributed by atoms with Crippen LogP contribution in [-0.4, -0.2) is 35.7 Å². The maximum Gasteiger partial charge on any atom is 0.323 e. The maximum absolute atomic E-state index is 11.5. The highest BCUT2D eigenvalue weighted by molar-refractivity contribution is 5.78. The summed E-state index contributed by atoms with van der Waals surface area (Å²) in [5, 5.41) is 12.8. The van der Waals surface area contributed by atoms with Crippen molar-refractivity contribution < 1.29 is 9.90 Å². The van der Waals surface area contributed by atoms with Gasteiger partial charge in [0.15, 0.2) is 0 Å². The van der Waals surface area contributed by atoms with Gasteiger partial charge in [-0.3, -0.25) is 10.1 Å². The fourth-order valence-corrected chi connectivity index (χ4v) is 3.18. The minimum absolute atomic E-state index is 0.415. The third-order valence-corrected chi connectivity index (χ3v) is 4.66. The van der Waals surface area contributed by atoms with E-state index in [1.165, 1.54) is 11.3 Å². The molecular weight excluding hydrogens is 264 g/mol. The SMILES string of the molecule is CC(CCCN1CCc2ccccc21)(NC1CC1)C(=O)O. The topological polar surface area (TPSA) is 52.6 Å². The highest BCUT2D eigenvalue weighted by Gasteiger charge is 2.38. The van der Waals surface area contributed by atoms with E-state index in [1.54, 1.807) is 0 Å². The number of carboxylic acids is 1. The average Bonchev–Trinajstić information content (AvgIpc) is 3.17. The second-order valence-corrected chi connectivity index (χ2v) is 6.53.